The summed E-state index contributed by atoms with van der Waals surface area (Å²) in [7, 11) is 0. The van der Waals surface area contributed by atoms with Crippen LogP contribution in [0.25, 0.3) is 0 Å². The zero-order valence-corrected chi connectivity index (χ0v) is 9.42. The molecule has 2 nitrogen and oxygen atoms in total. The molecule has 0 atom stereocenters. The summed E-state index contributed by atoms with van der Waals surface area (Å²) in [5.74, 6) is 0. The normalized spacial score (nSPS) is 20.2. The lowest BCUT2D eigenvalue weighted by atomic mass is 9.83. The van der Waals surface area contributed by atoms with Gasteiger partial charge >= 0.3 is 0 Å². The minimum atomic E-state index is -0.671. The Morgan fingerprint density at radius 1 is 1.20 bits per heavy atom. The van der Waals surface area contributed by atoms with Gasteiger partial charge in [-0.1, -0.05) is 23.8 Å². The van der Waals surface area contributed by atoms with E-state index in [0.29, 0.717) is 26.1 Å². The second-order valence-electron chi connectivity index (χ2n) is 4.46. The summed E-state index contributed by atoms with van der Waals surface area (Å²) in [5.41, 5.74) is 2.82. The lowest BCUT2D eigenvalue weighted by molar-refractivity contribution is -0.0682. The van der Waals surface area contributed by atoms with Crippen LogP contribution in [0.15, 0.2) is 18.2 Å². The zero-order valence-electron chi connectivity index (χ0n) is 9.42. The summed E-state index contributed by atoms with van der Waals surface area (Å²) in [5, 5.41) is 10.5. The van der Waals surface area contributed by atoms with Gasteiger partial charge in [-0.25, -0.2) is 0 Å². The largest absolute Gasteiger partial charge is 0.385 e. The molecule has 0 spiro atoms. The van der Waals surface area contributed by atoms with Crippen LogP contribution in [-0.4, -0.2) is 18.3 Å². The molecular formula is C13H18O2. The molecule has 2 rings (SSSR count). The molecule has 1 aromatic carbocycles. The first-order valence-corrected chi connectivity index (χ1v) is 5.50. The van der Waals surface area contributed by atoms with E-state index in [4.69, 9.17) is 4.74 Å². The number of aliphatic hydroxyl groups is 1. The van der Waals surface area contributed by atoms with Crippen molar-refractivity contribution in [2.24, 2.45) is 0 Å². The molecule has 1 aliphatic rings. The molecule has 1 aliphatic heterocycles. The van der Waals surface area contributed by atoms with Crippen LogP contribution in [0, 0.1) is 13.8 Å². The summed E-state index contributed by atoms with van der Waals surface area (Å²) >= 11 is 0. The van der Waals surface area contributed by atoms with E-state index in [-0.39, 0.29) is 0 Å². The molecular weight excluding hydrogens is 188 g/mol. The van der Waals surface area contributed by atoms with Crippen LogP contribution in [0.1, 0.15) is 29.5 Å². The second-order valence-corrected chi connectivity index (χ2v) is 4.46. The van der Waals surface area contributed by atoms with E-state index < -0.39 is 5.60 Å². The Labute approximate surface area is 90.9 Å². The van der Waals surface area contributed by atoms with Crippen molar-refractivity contribution >= 4 is 0 Å². The maximum atomic E-state index is 10.5. The van der Waals surface area contributed by atoms with Gasteiger partial charge in [-0.2, -0.15) is 0 Å². The molecule has 1 saturated heterocycles. The standard InChI is InChI=1S/C13H18O2/c1-10-3-4-12(11(2)9-10)13(14)5-7-15-8-6-13/h3-4,9,14H,5-8H2,1-2H3. The van der Waals surface area contributed by atoms with Crippen LogP contribution in [-0.2, 0) is 10.3 Å². The third-order valence-corrected chi connectivity index (χ3v) is 3.20. The van der Waals surface area contributed by atoms with Crippen molar-refractivity contribution in [3.8, 4) is 0 Å². The molecule has 0 aromatic heterocycles. The Kier molecular flexibility index (Phi) is 2.81. The first-order valence-electron chi connectivity index (χ1n) is 5.50. The summed E-state index contributed by atoms with van der Waals surface area (Å²) in [4.78, 5) is 0. The van der Waals surface area contributed by atoms with Gasteiger partial charge in [0.25, 0.3) is 0 Å². The van der Waals surface area contributed by atoms with E-state index in [1.54, 1.807) is 0 Å². The summed E-state index contributed by atoms with van der Waals surface area (Å²) in [6.07, 6.45) is 1.41. The fourth-order valence-corrected chi connectivity index (χ4v) is 2.31. The van der Waals surface area contributed by atoms with Gasteiger partial charge in [-0.3, -0.25) is 0 Å². The fourth-order valence-electron chi connectivity index (χ4n) is 2.31. The van der Waals surface area contributed by atoms with Crippen LogP contribution in [0.5, 0.6) is 0 Å². The number of hydrogen-bond donors (Lipinski definition) is 1. The first-order chi connectivity index (χ1) is 7.12. The van der Waals surface area contributed by atoms with Gasteiger partial charge < -0.3 is 9.84 Å². The molecule has 0 amide bonds. The SMILES string of the molecule is Cc1ccc(C2(O)CCOCC2)c(C)c1. The van der Waals surface area contributed by atoms with Gasteiger partial charge in [0.1, 0.15) is 0 Å². The number of aryl methyl sites for hydroxylation is 2. The Hall–Kier alpha value is -0.860. The van der Waals surface area contributed by atoms with Crippen molar-refractivity contribution in [3.05, 3.63) is 34.9 Å². The molecule has 1 heterocycles. The molecule has 1 fully saturated rings. The summed E-state index contributed by atoms with van der Waals surface area (Å²) in [6.45, 7) is 5.45. The monoisotopic (exact) mass is 206 g/mol. The molecule has 0 unspecified atom stereocenters. The van der Waals surface area contributed by atoms with Gasteiger partial charge in [-0.15, -0.1) is 0 Å². The Balaban J connectivity index is 2.35. The number of hydrogen-bond acceptors (Lipinski definition) is 2. The molecule has 1 N–H and O–H groups in total. The molecule has 1 aromatic rings. The smallest absolute Gasteiger partial charge is 0.0942 e. The zero-order chi connectivity index (χ0) is 10.9. The number of benzene rings is 1. The molecule has 15 heavy (non-hydrogen) atoms. The quantitative estimate of drug-likeness (QED) is 0.764. The highest BCUT2D eigenvalue weighted by atomic mass is 16.5. The predicted octanol–water partition coefficient (Wildman–Crippen LogP) is 2.30. The van der Waals surface area contributed by atoms with Crippen LogP contribution < -0.4 is 0 Å². The van der Waals surface area contributed by atoms with Crippen LogP contribution in [0.2, 0.25) is 0 Å². The van der Waals surface area contributed by atoms with Crippen molar-refractivity contribution in [1.82, 2.24) is 0 Å². The van der Waals surface area contributed by atoms with Gasteiger partial charge in [0.15, 0.2) is 0 Å². The minimum Gasteiger partial charge on any atom is -0.385 e. The van der Waals surface area contributed by atoms with Gasteiger partial charge in [0, 0.05) is 26.1 Å². The second kappa shape index (κ2) is 3.95. The van der Waals surface area contributed by atoms with Gasteiger partial charge in [0.05, 0.1) is 5.60 Å². The Morgan fingerprint density at radius 2 is 1.87 bits per heavy atom. The van der Waals surface area contributed by atoms with Gasteiger partial charge in [-0.05, 0) is 25.0 Å². The molecule has 0 saturated carbocycles. The highest BCUT2D eigenvalue weighted by Gasteiger charge is 2.32. The van der Waals surface area contributed by atoms with E-state index >= 15 is 0 Å². The molecule has 82 valence electrons. The number of ether oxygens (including phenoxy) is 1. The maximum Gasteiger partial charge on any atom is 0.0942 e. The van der Waals surface area contributed by atoms with Gasteiger partial charge in [0.2, 0.25) is 0 Å². The Bertz CT molecular complexity index is 352. The third-order valence-electron chi connectivity index (χ3n) is 3.20. The van der Waals surface area contributed by atoms with E-state index in [1.165, 1.54) is 11.1 Å². The topological polar surface area (TPSA) is 29.5 Å². The highest BCUT2D eigenvalue weighted by Crippen LogP contribution is 2.33. The van der Waals surface area contributed by atoms with E-state index in [1.807, 2.05) is 0 Å². The molecule has 0 bridgehead atoms. The van der Waals surface area contributed by atoms with Crippen molar-refractivity contribution in [2.75, 3.05) is 13.2 Å². The summed E-state index contributed by atoms with van der Waals surface area (Å²) < 4.78 is 5.29. The van der Waals surface area contributed by atoms with Crippen LogP contribution in [0.3, 0.4) is 0 Å². The molecule has 0 aliphatic carbocycles. The number of rotatable bonds is 1. The van der Waals surface area contributed by atoms with Crippen LogP contribution in [0.4, 0.5) is 0 Å². The third kappa shape index (κ3) is 2.06. The highest BCUT2D eigenvalue weighted by molar-refractivity contribution is 5.35. The van der Waals surface area contributed by atoms with E-state index in [2.05, 4.69) is 32.0 Å². The van der Waals surface area contributed by atoms with Crippen LogP contribution >= 0.6 is 0 Å². The Morgan fingerprint density at radius 3 is 2.47 bits per heavy atom. The maximum absolute atomic E-state index is 10.5. The predicted molar refractivity (Wildman–Crippen MR) is 59.9 cm³/mol. The van der Waals surface area contributed by atoms with Crippen molar-refractivity contribution in [2.45, 2.75) is 32.3 Å². The van der Waals surface area contributed by atoms with Crippen molar-refractivity contribution in [1.29, 1.82) is 0 Å². The molecule has 2 heteroatoms. The lowest BCUT2D eigenvalue weighted by Crippen LogP contribution is -2.34. The van der Waals surface area contributed by atoms with E-state index in [9.17, 15) is 5.11 Å². The van der Waals surface area contributed by atoms with Crippen molar-refractivity contribution in [3.63, 3.8) is 0 Å². The fraction of sp³-hybridized carbons (Fsp3) is 0.538. The van der Waals surface area contributed by atoms with Crippen molar-refractivity contribution < 1.29 is 9.84 Å². The van der Waals surface area contributed by atoms with E-state index in [0.717, 1.165) is 5.56 Å². The molecule has 0 radical (unpaired) electrons. The minimum absolute atomic E-state index is 0.657. The lowest BCUT2D eigenvalue weighted by Gasteiger charge is -2.33. The first kappa shape index (κ1) is 10.7. The summed E-state index contributed by atoms with van der Waals surface area (Å²) in [6, 6.07) is 6.24. The average molecular weight is 206 g/mol. The average Bonchev–Trinajstić information content (AvgIpc) is 2.18.